The smallest absolute Gasteiger partial charge is 0.160 e. The van der Waals surface area contributed by atoms with Gasteiger partial charge in [0.1, 0.15) is 0 Å². The minimum Gasteiger partial charge on any atom is -0.307 e. The van der Waals surface area contributed by atoms with Gasteiger partial charge in [0, 0.05) is 44.4 Å². The highest BCUT2D eigenvalue weighted by Crippen LogP contribution is 2.48. The second-order valence-corrected chi connectivity index (χ2v) is 19.0. The minimum atomic E-state index is 0.681. The van der Waals surface area contributed by atoms with Crippen molar-refractivity contribution in [2.24, 2.45) is 0 Å². The quantitative estimate of drug-likeness (QED) is 0.167. The lowest BCUT2D eigenvalue weighted by Crippen LogP contribution is -2.13. The Bertz CT molecular complexity index is 3950. The molecule has 0 saturated carbocycles. The zero-order chi connectivity index (χ0) is 46.7. The number of pyridine rings is 1. The average molecular weight is 891 g/mol. The maximum absolute atomic E-state index is 5.55. The molecular formula is C63H50N6. The number of para-hydroxylation sites is 4. The summed E-state index contributed by atoms with van der Waals surface area (Å²) >= 11 is 0. The highest BCUT2D eigenvalue weighted by atomic mass is 15.1. The number of allylic oxidation sites excluding steroid dienone is 2. The largest absolute Gasteiger partial charge is 0.307 e. The van der Waals surface area contributed by atoms with E-state index in [0.717, 1.165) is 85.5 Å². The number of hydrogen-bond acceptors (Lipinski definition) is 3. The molecule has 0 spiro atoms. The van der Waals surface area contributed by atoms with Crippen LogP contribution in [0.25, 0.3) is 111 Å². The van der Waals surface area contributed by atoms with Crippen molar-refractivity contribution < 1.29 is 0 Å². The fraction of sp³-hybridized carbons (Fsp3) is 0.127. The van der Waals surface area contributed by atoms with E-state index in [1.165, 1.54) is 71.8 Å². The van der Waals surface area contributed by atoms with Gasteiger partial charge in [-0.05, 0) is 118 Å². The molecule has 13 rings (SSSR count). The molecule has 0 N–H and O–H groups in total. The number of fused-ring (bicyclic) bond motifs is 9. The molecule has 0 atom stereocenters. The third-order valence-electron chi connectivity index (χ3n) is 14.7. The van der Waals surface area contributed by atoms with Crippen LogP contribution in [0.2, 0.25) is 0 Å². The van der Waals surface area contributed by atoms with Gasteiger partial charge in [0.05, 0.1) is 67.2 Å². The van der Waals surface area contributed by atoms with Gasteiger partial charge >= 0.3 is 0 Å². The van der Waals surface area contributed by atoms with Crippen molar-refractivity contribution in [1.82, 2.24) is 28.7 Å². The summed E-state index contributed by atoms with van der Waals surface area (Å²) in [6, 6.07) is 57.1. The summed E-state index contributed by atoms with van der Waals surface area (Å²) in [5, 5.41) is 4.88. The van der Waals surface area contributed by atoms with Gasteiger partial charge < -0.3 is 13.7 Å². The Hall–Kier alpha value is -8.35. The Morgan fingerprint density at radius 2 is 0.928 bits per heavy atom. The normalized spacial score (nSPS) is 12.8. The molecule has 0 amide bonds. The van der Waals surface area contributed by atoms with Crippen molar-refractivity contribution in [1.29, 1.82) is 0 Å². The van der Waals surface area contributed by atoms with E-state index in [1.54, 1.807) is 0 Å². The Balaban J connectivity index is 1.31. The highest BCUT2D eigenvalue weighted by Gasteiger charge is 2.31. The predicted molar refractivity (Wildman–Crippen MR) is 287 cm³/mol. The van der Waals surface area contributed by atoms with Crippen LogP contribution in [0.1, 0.15) is 52.4 Å². The second-order valence-electron chi connectivity index (χ2n) is 19.0. The van der Waals surface area contributed by atoms with E-state index in [9.17, 15) is 0 Å². The third kappa shape index (κ3) is 6.14. The molecule has 0 saturated heterocycles. The first-order valence-corrected chi connectivity index (χ1v) is 24.1. The van der Waals surface area contributed by atoms with Crippen LogP contribution >= 0.6 is 0 Å². The highest BCUT2D eigenvalue weighted by molar-refractivity contribution is 6.13. The molecule has 1 aliphatic rings. The SMILES string of the molecule is CC1=CCCc2c1n(-c1cc(-c3cc(-c4ccccc4)nc(-c4ccccc4)n3)cc(-n3c4c(C)cccc4c4cccc(C)c43)c1-n1c3c(C)cccc3c3nccc(C)c31)c1c(C)cccc21. The third-order valence-corrected chi connectivity index (χ3v) is 14.7. The second kappa shape index (κ2) is 15.6. The molecule has 0 bridgehead atoms. The number of benzene rings is 7. The predicted octanol–water partition coefficient (Wildman–Crippen LogP) is 15.9. The maximum atomic E-state index is 5.55. The summed E-state index contributed by atoms with van der Waals surface area (Å²) in [6.07, 6.45) is 6.37. The summed E-state index contributed by atoms with van der Waals surface area (Å²) in [4.78, 5) is 16.0. The van der Waals surface area contributed by atoms with Crippen LogP contribution in [0.15, 0.2) is 170 Å². The summed E-state index contributed by atoms with van der Waals surface area (Å²) in [7, 11) is 0. The lowest BCUT2D eigenvalue weighted by atomic mass is 9.95. The van der Waals surface area contributed by atoms with Crippen molar-refractivity contribution in [2.45, 2.75) is 54.4 Å². The van der Waals surface area contributed by atoms with E-state index in [0.29, 0.717) is 5.82 Å². The van der Waals surface area contributed by atoms with E-state index in [1.807, 2.05) is 12.3 Å². The van der Waals surface area contributed by atoms with Crippen molar-refractivity contribution in [3.8, 4) is 51.0 Å². The van der Waals surface area contributed by atoms with Crippen LogP contribution in [0.5, 0.6) is 0 Å². The summed E-state index contributed by atoms with van der Waals surface area (Å²) in [6.45, 7) is 13.6. The van der Waals surface area contributed by atoms with Gasteiger partial charge in [-0.3, -0.25) is 4.98 Å². The van der Waals surface area contributed by atoms with Crippen LogP contribution in [-0.4, -0.2) is 28.7 Å². The van der Waals surface area contributed by atoms with Gasteiger partial charge in [0.25, 0.3) is 0 Å². The molecule has 5 aromatic heterocycles. The standard InChI is InChI=1S/C63H50N6/c1-37-18-13-27-46-47-28-14-19-38(2)57(47)67(56(37)46)53-34-45(52-36-51(43-23-9-7-10-24-43)65-63(66-52)44-25-11-8-12-26-44)35-54(68-58-39(3)20-15-29-48(58)49-30-16-21-40(4)59(49)68)62(53)69-60-41(5)22-17-31-50(60)55-61(69)42(6)32-33-64-55/h7-15,17-29,31-36H,16,30H2,1-6H3. The monoisotopic (exact) mass is 890 g/mol. The molecule has 1 aliphatic carbocycles. The Morgan fingerprint density at radius 1 is 0.420 bits per heavy atom. The Morgan fingerprint density at radius 3 is 1.55 bits per heavy atom. The van der Waals surface area contributed by atoms with Gasteiger partial charge in [0.15, 0.2) is 5.82 Å². The molecule has 69 heavy (non-hydrogen) atoms. The molecule has 0 fully saturated rings. The number of rotatable bonds is 6. The number of aryl methyl sites for hydroxylation is 6. The zero-order valence-corrected chi connectivity index (χ0v) is 39.8. The van der Waals surface area contributed by atoms with E-state index in [4.69, 9.17) is 15.0 Å². The lowest BCUT2D eigenvalue weighted by molar-refractivity contribution is 0.944. The van der Waals surface area contributed by atoms with Crippen LogP contribution < -0.4 is 0 Å². The molecule has 5 heterocycles. The number of nitrogens with zero attached hydrogens (tertiary/aromatic N) is 6. The van der Waals surface area contributed by atoms with Gasteiger partial charge in [0.2, 0.25) is 0 Å². The molecule has 6 nitrogen and oxygen atoms in total. The molecule has 6 heteroatoms. The first-order chi connectivity index (χ1) is 33.7. The molecule has 7 aromatic carbocycles. The molecular weight excluding hydrogens is 841 g/mol. The van der Waals surface area contributed by atoms with Crippen molar-refractivity contribution in [3.63, 3.8) is 0 Å². The van der Waals surface area contributed by atoms with E-state index < -0.39 is 0 Å². The topological polar surface area (TPSA) is 53.5 Å². The fourth-order valence-electron chi connectivity index (χ4n) is 11.6. The maximum Gasteiger partial charge on any atom is 0.160 e. The Kier molecular flexibility index (Phi) is 9.25. The zero-order valence-electron chi connectivity index (χ0n) is 39.8. The van der Waals surface area contributed by atoms with Crippen molar-refractivity contribution in [3.05, 3.63) is 209 Å². The van der Waals surface area contributed by atoms with Crippen LogP contribution in [0.3, 0.4) is 0 Å². The first-order valence-electron chi connectivity index (χ1n) is 24.1. The fourth-order valence-corrected chi connectivity index (χ4v) is 11.6. The van der Waals surface area contributed by atoms with Crippen LogP contribution in [-0.2, 0) is 6.42 Å². The van der Waals surface area contributed by atoms with Crippen LogP contribution in [0.4, 0.5) is 0 Å². The molecule has 332 valence electrons. The lowest BCUT2D eigenvalue weighted by Gasteiger charge is -2.26. The molecule has 12 aromatic rings. The van der Waals surface area contributed by atoms with Gasteiger partial charge in [-0.25, -0.2) is 9.97 Å². The van der Waals surface area contributed by atoms with Crippen molar-refractivity contribution in [2.75, 3.05) is 0 Å². The molecule has 0 unspecified atom stereocenters. The minimum absolute atomic E-state index is 0.681. The van der Waals surface area contributed by atoms with Gasteiger partial charge in [-0.15, -0.1) is 0 Å². The van der Waals surface area contributed by atoms with Gasteiger partial charge in [-0.2, -0.15) is 0 Å². The van der Waals surface area contributed by atoms with E-state index in [-0.39, 0.29) is 0 Å². The molecule has 0 radical (unpaired) electrons. The summed E-state index contributed by atoms with van der Waals surface area (Å²) in [5.41, 5.74) is 24.7. The molecule has 0 aliphatic heterocycles. The van der Waals surface area contributed by atoms with E-state index >= 15 is 0 Å². The Labute approximate surface area is 401 Å². The number of hydrogen-bond donors (Lipinski definition) is 0. The van der Waals surface area contributed by atoms with Crippen molar-refractivity contribution >= 4 is 60.2 Å². The number of aromatic nitrogens is 6. The van der Waals surface area contributed by atoms with Gasteiger partial charge in [-0.1, -0.05) is 140 Å². The average Bonchev–Trinajstić information content (AvgIpc) is 4.03. The first kappa shape index (κ1) is 40.9. The van der Waals surface area contributed by atoms with E-state index in [2.05, 4.69) is 213 Å². The van der Waals surface area contributed by atoms with Crippen LogP contribution in [0, 0.1) is 34.6 Å². The summed E-state index contributed by atoms with van der Waals surface area (Å²) in [5.74, 6) is 0.681. The summed E-state index contributed by atoms with van der Waals surface area (Å²) < 4.78 is 7.75.